The Labute approximate surface area is 202 Å². The van der Waals surface area contributed by atoms with Crippen LogP contribution < -0.4 is 9.80 Å². The number of fused-ring (bicyclic) bond motifs is 1. The van der Waals surface area contributed by atoms with Crippen molar-refractivity contribution in [2.75, 3.05) is 36.0 Å². The highest BCUT2D eigenvalue weighted by Crippen LogP contribution is 2.44. The summed E-state index contributed by atoms with van der Waals surface area (Å²) in [6.07, 6.45) is 7.03. The van der Waals surface area contributed by atoms with E-state index in [-0.39, 0.29) is 23.3 Å². The molecule has 3 aliphatic heterocycles. The van der Waals surface area contributed by atoms with E-state index in [4.69, 9.17) is 11.6 Å². The first kappa shape index (κ1) is 21.2. The van der Waals surface area contributed by atoms with Gasteiger partial charge in [-0.15, -0.1) is 0 Å². The van der Waals surface area contributed by atoms with Crippen molar-refractivity contribution < 1.29 is 9.59 Å². The standard InChI is InChI=1S/C25H25ClN6O2/c1-3-31-11-17(8-28-31)23(33)30-14-25(15-30)12-29(13-25)19-7-20(10-27-9-19)32-16(2)22-6-18(26)4-5-21(22)24(32)34/h4-11,16H,3,12-15H2,1-2H3. The normalized spacial score (nSPS) is 20.4. The molecule has 3 aliphatic rings. The number of pyridine rings is 1. The number of rotatable bonds is 4. The molecule has 2 saturated heterocycles. The van der Waals surface area contributed by atoms with Crippen LogP contribution in [0, 0.1) is 5.41 Å². The van der Waals surface area contributed by atoms with Crippen molar-refractivity contribution in [1.82, 2.24) is 19.7 Å². The molecule has 6 rings (SSSR count). The number of likely N-dealkylation sites (tertiary alicyclic amines) is 1. The van der Waals surface area contributed by atoms with E-state index in [2.05, 4.69) is 15.0 Å². The Kier molecular flexibility index (Phi) is 4.71. The third kappa shape index (κ3) is 3.20. The Morgan fingerprint density at radius 2 is 1.88 bits per heavy atom. The van der Waals surface area contributed by atoms with E-state index >= 15 is 0 Å². The van der Waals surface area contributed by atoms with Gasteiger partial charge in [-0.3, -0.25) is 24.2 Å². The summed E-state index contributed by atoms with van der Waals surface area (Å²) in [6, 6.07) is 7.34. The predicted molar refractivity (Wildman–Crippen MR) is 129 cm³/mol. The molecule has 2 aromatic heterocycles. The number of carbonyl (C=O) groups is 2. The molecule has 0 bridgehead atoms. The molecular formula is C25H25ClN6O2. The van der Waals surface area contributed by atoms with Gasteiger partial charge in [-0.1, -0.05) is 11.6 Å². The van der Waals surface area contributed by atoms with Crippen molar-refractivity contribution in [2.45, 2.75) is 26.4 Å². The Hall–Kier alpha value is -3.39. The monoisotopic (exact) mass is 476 g/mol. The summed E-state index contributed by atoms with van der Waals surface area (Å²) in [5, 5.41) is 4.84. The molecule has 0 radical (unpaired) electrons. The summed E-state index contributed by atoms with van der Waals surface area (Å²) in [5.74, 6) is 0.0198. The lowest BCUT2D eigenvalue weighted by molar-refractivity contribution is -0.0105. The van der Waals surface area contributed by atoms with E-state index in [0.717, 1.165) is 49.7 Å². The summed E-state index contributed by atoms with van der Waals surface area (Å²) in [4.78, 5) is 36.2. The van der Waals surface area contributed by atoms with Crippen LogP contribution in [0.2, 0.25) is 5.02 Å². The third-order valence-corrected chi connectivity index (χ3v) is 7.48. The summed E-state index contributed by atoms with van der Waals surface area (Å²) < 4.78 is 1.77. The maximum Gasteiger partial charge on any atom is 0.259 e. The van der Waals surface area contributed by atoms with Gasteiger partial charge in [0.1, 0.15) is 0 Å². The zero-order valence-electron chi connectivity index (χ0n) is 19.1. The molecule has 174 valence electrons. The second-order valence-electron chi connectivity index (χ2n) is 9.59. The van der Waals surface area contributed by atoms with Gasteiger partial charge < -0.3 is 9.80 Å². The van der Waals surface area contributed by atoms with Gasteiger partial charge in [0.25, 0.3) is 11.8 Å². The molecule has 34 heavy (non-hydrogen) atoms. The maximum absolute atomic E-state index is 13.1. The number of anilines is 2. The van der Waals surface area contributed by atoms with E-state index in [1.165, 1.54) is 0 Å². The summed E-state index contributed by atoms with van der Waals surface area (Å²) in [7, 11) is 0. The van der Waals surface area contributed by atoms with Crippen LogP contribution in [0.25, 0.3) is 0 Å². The SMILES string of the molecule is CCn1cc(C(=O)N2CC3(C2)CN(c2cncc(N4C(=O)c5ccc(Cl)cc5C4C)c2)C3)cn1. The quantitative estimate of drug-likeness (QED) is 0.574. The van der Waals surface area contributed by atoms with Crippen molar-refractivity contribution in [2.24, 2.45) is 5.41 Å². The number of nitrogens with zero attached hydrogens (tertiary/aromatic N) is 6. The fourth-order valence-corrected chi connectivity index (χ4v) is 5.64. The van der Waals surface area contributed by atoms with Gasteiger partial charge in [0.05, 0.1) is 41.6 Å². The molecule has 0 saturated carbocycles. The first-order valence-electron chi connectivity index (χ1n) is 11.5. The van der Waals surface area contributed by atoms with Gasteiger partial charge in [0.2, 0.25) is 0 Å². The molecule has 2 amide bonds. The van der Waals surface area contributed by atoms with Crippen molar-refractivity contribution in [3.63, 3.8) is 0 Å². The van der Waals surface area contributed by atoms with Crippen LogP contribution in [0.4, 0.5) is 11.4 Å². The van der Waals surface area contributed by atoms with Gasteiger partial charge in [-0.05, 0) is 43.7 Å². The molecule has 1 unspecified atom stereocenters. The van der Waals surface area contributed by atoms with E-state index in [1.807, 2.05) is 43.3 Å². The molecule has 8 nitrogen and oxygen atoms in total. The van der Waals surface area contributed by atoms with Crippen LogP contribution in [0.15, 0.2) is 49.1 Å². The van der Waals surface area contributed by atoms with Crippen molar-refractivity contribution in [3.8, 4) is 0 Å². The molecule has 5 heterocycles. The highest BCUT2D eigenvalue weighted by molar-refractivity contribution is 6.31. The minimum atomic E-state index is -0.107. The second-order valence-corrected chi connectivity index (χ2v) is 10.0. The zero-order valence-corrected chi connectivity index (χ0v) is 19.9. The maximum atomic E-state index is 13.1. The molecule has 0 aliphatic carbocycles. The number of hydrogen-bond donors (Lipinski definition) is 0. The minimum absolute atomic E-state index is 0.0299. The average molecular weight is 477 g/mol. The number of aromatic nitrogens is 3. The highest BCUT2D eigenvalue weighted by Gasteiger charge is 2.53. The van der Waals surface area contributed by atoms with Crippen molar-refractivity contribution in [1.29, 1.82) is 0 Å². The second kappa shape index (κ2) is 7.56. The highest BCUT2D eigenvalue weighted by atomic mass is 35.5. The number of benzene rings is 1. The topological polar surface area (TPSA) is 74.6 Å². The lowest BCUT2D eigenvalue weighted by atomic mass is 9.72. The average Bonchev–Trinajstić information content (AvgIpc) is 3.35. The number of halogens is 1. The smallest absolute Gasteiger partial charge is 0.259 e. The van der Waals surface area contributed by atoms with Gasteiger partial charge in [-0.2, -0.15) is 5.10 Å². The van der Waals surface area contributed by atoms with Crippen LogP contribution in [-0.2, 0) is 6.54 Å². The van der Waals surface area contributed by atoms with Crippen LogP contribution in [-0.4, -0.2) is 57.7 Å². The first-order valence-corrected chi connectivity index (χ1v) is 11.9. The van der Waals surface area contributed by atoms with Crippen LogP contribution >= 0.6 is 11.6 Å². The fraction of sp³-hybridized carbons (Fsp3) is 0.360. The largest absolute Gasteiger partial charge is 0.369 e. The summed E-state index contributed by atoms with van der Waals surface area (Å²) in [6.45, 7) is 8.01. The van der Waals surface area contributed by atoms with E-state index < -0.39 is 0 Å². The Balaban J connectivity index is 1.12. The van der Waals surface area contributed by atoms with Gasteiger partial charge in [-0.25, -0.2) is 0 Å². The van der Waals surface area contributed by atoms with Gasteiger partial charge in [0, 0.05) is 54.9 Å². The van der Waals surface area contributed by atoms with E-state index in [0.29, 0.717) is 16.1 Å². The number of amides is 2. The molecule has 1 spiro atoms. The van der Waals surface area contributed by atoms with Crippen molar-refractivity contribution >= 4 is 34.8 Å². The van der Waals surface area contributed by atoms with Crippen molar-refractivity contribution in [3.05, 3.63) is 70.8 Å². The molecule has 3 aromatic rings. The fourth-order valence-electron chi connectivity index (χ4n) is 5.46. The third-order valence-electron chi connectivity index (χ3n) is 7.25. The summed E-state index contributed by atoms with van der Waals surface area (Å²) in [5.41, 5.74) is 4.18. The molecule has 0 N–H and O–H groups in total. The number of aryl methyl sites for hydroxylation is 1. The molecule has 9 heteroatoms. The van der Waals surface area contributed by atoms with E-state index in [1.54, 1.807) is 34.1 Å². The van der Waals surface area contributed by atoms with E-state index in [9.17, 15) is 9.59 Å². The van der Waals surface area contributed by atoms with Crippen LogP contribution in [0.3, 0.4) is 0 Å². The minimum Gasteiger partial charge on any atom is -0.369 e. The zero-order chi connectivity index (χ0) is 23.6. The van der Waals surface area contributed by atoms with Crippen LogP contribution in [0.5, 0.6) is 0 Å². The molecule has 1 aromatic carbocycles. The Morgan fingerprint density at radius 3 is 2.62 bits per heavy atom. The lowest BCUT2D eigenvalue weighted by Crippen LogP contribution is -2.73. The molecule has 1 atom stereocenters. The van der Waals surface area contributed by atoms with Crippen LogP contribution in [0.1, 0.15) is 46.2 Å². The van der Waals surface area contributed by atoms with Gasteiger partial charge >= 0.3 is 0 Å². The number of carbonyl (C=O) groups excluding carboxylic acids is 2. The Morgan fingerprint density at radius 1 is 1.12 bits per heavy atom. The summed E-state index contributed by atoms with van der Waals surface area (Å²) >= 11 is 6.16. The molecule has 2 fully saturated rings. The number of hydrogen-bond acceptors (Lipinski definition) is 5. The van der Waals surface area contributed by atoms with Gasteiger partial charge in [0.15, 0.2) is 0 Å². The molecular weight excluding hydrogens is 452 g/mol. The first-order chi connectivity index (χ1) is 16.4. The lowest BCUT2D eigenvalue weighted by Gasteiger charge is -2.60. The Bertz CT molecular complexity index is 1310. The predicted octanol–water partition coefficient (Wildman–Crippen LogP) is 3.64.